The number of aromatic nitrogens is 1. The Labute approximate surface area is 94.4 Å². The van der Waals surface area contributed by atoms with Gasteiger partial charge in [0.1, 0.15) is 0 Å². The van der Waals surface area contributed by atoms with Crippen molar-refractivity contribution in [3.8, 4) is 0 Å². The van der Waals surface area contributed by atoms with Crippen molar-refractivity contribution in [2.45, 2.75) is 19.8 Å². The van der Waals surface area contributed by atoms with Crippen LogP contribution in [0.1, 0.15) is 24.6 Å². The van der Waals surface area contributed by atoms with E-state index in [9.17, 15) is 22.8 Å². The number of carbonyl (C=O) groups excluding carboxylic acids is 1. The number of nitrogens with one attached hydrogen (secondary N) is 1. The molecule has 0 unspecified atom stereocenters. The first-order chi connectivity index (χ1) is 7.95. The molecule has 0 saturated carbocycles. The molecule has 1 rings (SSSR count). The molecular weight excluding hydrogens is 239 g/mol. The third kappa shape index (κ3) is 3.33. The number of ether oxygens (including phenoxy) is 1. The quantitative estimate of drug-likeness (QED) is 0.824. The standard InChI is InChI=1S/C10H10F3NO3/c1-2-17-7(15)4-5-3-6(9(12)13)8(11)10(16)14-5/h3,9H,2,4H2,1H3,(H,14,16). The van der Waals surface area contributed by atoms with Crippen molar-refractivity contribution in [2.24, 2.45) is 0 Å². The SMILES string of the molecule is CCOC(=O)Cc1cc(C(F)F)c(F)c(=O)[nH]1. The van der Waals surface area contributed by atoms with E-state index in [4.69, 9.17) is 0 Å². The zero-order valence-electron chi connectivity index (χ0n) is 8.93. The number of alkyl halides is 2. The molecule has 0 spiro atoms. The van der Waals surface area contributed by atoms with Crippen molar-refractivity contribution >= 4 is 5.97 Å². The molecular formula is C10H10F3NO3. The molecule has 1 aromatic heterocycles. The van der Waals surface area contributed by atoms with Crippen LogP contribution in [-0.4, -0.2) is 17.6 Å². The lowest BCUT2D eigenvalue weighted by molar-refractivity contribution is -0.142. The van der Waals surface area contributed by atoms with Gasteiger partial charge in [0.05, 0.1) is 18.6 Å². The first-order valence-corrected chi connectivity index (χ1v) is 4.81. The first-order valence-electron chi connectivity index (χ1n) is 4.81. The van der Waals surface area contributed by atoms with Crippen LogP contribution in [0.25, 0.3) is 0 Å². The lowest BCUT2D eigenvalue weighted by Gasteiger charge is -2.05. The molecule has 0 bridgehead atoms. The second kappa shape index (κ2) is 5.51. The Hall–Kier alpha value is -1.79. The highest BCUT2D eigenvalue weighted by Crippen LogP contribution is 2.20. The predicted octanol–water partition coefficient (Wildman–Crippen LogP) is 1.56. The molecule has 17 heavy (non-hydrogen) atoms. The molecule has 0 atom stereocenters. The zero-order valence-corrected chi connectivity index (χ0v) is 8.93. The Morgan fingerprint density at radius 2 is 2.18 bits per heavy atom. The molecule has 0 saturated heterocycles. The Kier molecular flexibility index (Phi) is 4.30. The minimum absolute atomic E-state index is 0.106. The number of hydrogen-bond donors (Lipinski definition) is 1. The number of pyridine rings is 1. The second-order valence-corrected chi connectivity index (χ2v) is 3.18. The van der Waals surface area contributed by atoms with E-state index < -0.39 is 29.3 Å². The second-order valence-electron chi connectivity index (χ2n) is 3.18. The van der Waals surface area contributed by atoms with Crippen LogP contribution in [0.2, 0.25) is 0 Å². The Balaban J connectivity index is 3.03. The van der Waals surface area contributed by atoms with Gasteiger partial charge in [0.15, 0.2) is 5.82 Å². The fourth-order valence-electron chi connectivity index (χ4n) is 1.24. The van der Waals surface area contributed by atoms with Crippen molar-refractivity contribution in [1.29, 1.82) is 0 Å². The molecule has 1 aromatic rings. The number of esters is 1. The van der Waals surface area contributed by atoms with E-state index >= 15 is 0 Å². The van der Waals surface area contributed by atoms with E-state index in [0.717, 1.165) is 6.07 Å². The Morgan fingerprint density at radius 3 is 2.71 bits per heavy atom. The maximum absolute atomic E-state index is 13.0. The average molecular weight is 249 g/mol. The van der Waals surface area contributed by atoms with E-state index in [1.165, 1.54) is 0 Å². The number of carbonyl (C=O) groups is 1. The third-order valence-electron chi connectivity index (χ3n) is 1.93. The molecule has 0 aromatic carbocycles. The highest BCUT2D eigenvalue weighted by Gasteiger charge is 2.18. The summed E-state index contributed by atoms with van der Waals surface area (Å²) >= 11 is 0. The molecule has 1 heterocycles. The molecule has 0 aliphatic carbocycles. The minimum atomic E-state index is -3.11. The van der Waals surface area contributed by atoms with Crippen molar-refractivity contribution in [3.63, 3.8) is 0 Å². The van der Waals surface area contributed by atoms with Gasteiger partial charge in [-0.05, 0) is 13.0 Å². The summed E-state index contributed by atoms with van der Waals surface area (Å²) in [6.45, 7) is 1.71. The lowest BCUT2D eigenvalue weighted by atomic mass is 10.2. The average Bonchev–Trinajstić information content (AvgIpc) is 2.23. The summed E-state index contributed by atoms with van der Waals surface area (Å²) in [6.07, 6.45) is -3.50. The predicted molar refractivity (Wildman–Crippen MR) is 52.3 cm³/mol. The highest BCUT2D eigenvalue weighted by molar-refractivity contribution is 5.71. The summed E-state index contributed by atoms with van der Waals surface area (Å²) in [6, 6.07) is 0.748. The topological polar surface area (TPSA) is 59.2 Å². The summed E-state index contributed by atoms with van der Waals surface area (Å²) in [7, 11) is 0. The summed E-state index contributed by atoms with van der Waals surface area (Å²) in [5, 5.41) is 0. The van der Waals surface area contributed by atoms with E-state index in [0.29, 0.717) is 0 Å². The molecule has 0 aliphatic rings. The van der Waals surface area contributed by atoms with Gasteiger partial charge in [-0.15, -0.1) is 0 Å². The smallest absolute Gasteiger partial charge is 0.311 e. The number of halogens is 3. The van der Waals surface area contributed by atoms with Gasteiger partial charge in [-0.2, -0.15) is 0 Å². The van der Waals surface area contributed by atoms with Gasteiger partial charge in [0.25, 0.3) is 12.0 Å². The maximum Gasteiger partial charge on any atom is 0.311 e. The number of aromatic amines is 1. The van der Waals surface area contributed by atoms with Crippen LogP contribution in [0.15, 0.2) is 10.9 Å². The van der Waals surface area contributed by atoms with Crippen LogP contribution in [0.3, 0.4) is 0 Å². The number of hydrogen-bond acceptors (Lipinski definition) is 3. The van der Waals surface area contributed by atoms with Gasteiger partial charge in [0.2, 0.25) is 0 Å². The van der Waals surface area contributed by atoms with Gasteiger partial charge in [-0.25, -0.2) is 13.2 Å². The molecule has 1 N–H and O–H groups in total. The van der Waals surface area contributed by atoms with Crippen LogP contribution >= 0.6 is 0 Å². The summed E-state index contributed by atoms with van der Waals surface area (Å²) in [4.78, 5) is 24.0. The van der Waals surface area contributed by atoms with Gasteiger partial charge < -0.3 is 9.72 Å². The largest absolute Gasteiger partial charge is 0.466 e. The van der Waals surface area contributed by atoms with Crippen molar-refractivity contribution in [3.05, 3.63) is 33.5 Å². The molecule has 94 valence electrons. The third-order valence-corrected chi connectivity index (χ3v) is 1.93. The van der Waals surface area contributed by atoms with Gasteiger partial charge in [-0.3, -0.25) is 9.59 Å². The fourth-order valence-corrected chi connectivity index (χ4v) is 1.24. The van der Waals surface area contributed by atoms with Crippen LogP contribution < -0.4 is 5.56 Å². The van der Waals surface area contributed by atoms with E-state index in [1.807, 2.05) is 4.98 Å². The molecule has 0 radical (unpaired) electrons. The van der Waals surface area contributed by atoms with E-state index in [1.54, 1.807) is 6.92 Å². The molecule has 0 aliphatic heterocycles. The number of rotatable bonds is 4. The Bertz CT molecular complexity index is 470. The van der Waals surface area contributed by atoms with Crippen LogP contribution in [0, 0.1) is 5.82 Å². The molecule has 4 nitrogen and oxygen atoms in total. The van der Waals surface area contributed by atoms with Gasteiger partial charge in [-0.1, -0.05) is 0 Å². The fraction of sp³-hybridized carbons (Fsp3) is 0.400. The lowest BCUT2D eigenvalue weighted by Crippen LogP contribution is -2.19. The summed E-state index contributed by atoms with van der Waals surface area (Å²) < 4.78 is 42.3. The van der Waals surface area contributed by atoms with Gasteiger partial charge >= 0.3 is 5.97 Å². The highest BCUT2D eigenvalue weighted by atomic mass is 19.3. The van der Waals surface area contributed by atoms with E-state index in [2.05, 4.69) is 4.74 Å². The number of H-pyrrole nitrogens is 1. The van der Waals surface area contributed by atoms with Crippen LogP contribution in [0.5, 0.6) is 0 Å². The van der Waals surface area contributed by atoms with Crippen LogP contribution in [0.4, 0.5) is 13.2 Å². The van der Waals surface area contributed by atoms with Crippen molar-refractivity contribution < 1.29 is 22.7 Å². The molecule has 0 fully saturated rings. The molecule has 0 amide bonds. The summed E-state index contributed by atoms with van der Waals surface area (Å²) in [5.74, 6) is -2.22. The van der Waals surface area contributed by atoms with Gasteiger partial charge in [0, 0.05) is 5.69 Å². The first kappa shape index (κ1) is 13.3. The van der Waals surface area contributed by atoms with Crippen molar-refractivity contribution in [2.75, 3.05) is 6.61 Å². The van der Waals surface area contributed by atoms with E-state index in [-0.39, 0.29) is 18.7 Å². The normalized spacial score (nSPS) is 10.6. The Morgan fingerprint density at radius 1 is 1.53 bits per heavy atom. The molecule has 7 heteroatoms. The minimum Gasteiger partial charge on any atom is -0.466 e. The van der Waals surface area contributed by atoms with Crippen molar-refractivity contribution in [1.82, 2.24) is 4.98 Å². The zero-order chi connectivity index (χ0) is 13.0. The monoisotopic (exact) mass is 249 g/mol. The summed E-state index contributed by atoms with van der Waals surface area (Å²) in [5.41, 5.74) is -2.40. The van der Waals surface area contributed by atoms with Crippen LogP contribution in [-0.2, 0) is 16.0 Å². The maximum atomic E-state index is 13.0.